The SMILES string of the molecule is Cc1ccc(C2CCCCCCCCCCC2)c(O)c1C=Nc1cc(C(F)(F)F)cc(C(F)(F)F)c1.[Cl][Zr][Cl]. The summed E-state index contributed by atoms with van der Waals surface area (Å²) in [6.45, 7) is 1.72. The van der Waals surface area contributed by atoms with Crippen molar-refractivity contribution in [2.75, 3.05) is 0 Å². The summed E-state index contributed by atoms with van der Waals surface area (Å²) in [4.78, 5) is 3.93. The van der Waals surface area contributed by atoms with Crippen LogP contribution in [0.25, 0.3) is 0 Å². The normalized spacial score (nSPS) is 16.6. The number of halogens is 8. The number of hydrogen-bond acceptors (Lipinski definition) is 2. The molecule has 216 valence electrons. The van der Waals surface area contributed by atoms with E-state index in [0.717, 1.165) is 44.1 Å². The van der Waals surface area contributed by atoms with Gasteiger partial charge in [-0.2, -0.15) is 26.3 Å². The van der Waals surface area contributed by atoms with Crippen molar-refractivity contribution in [2.45, 2.75) is 95.8 Å². The summed E-state index contributed by atoms with van der Waals surface area (Å²) in [5.41, 5.74) is -1.62. The number of alkyl halides is 6. The molecule has 2 nitrogen and oxygen atoms in total. The number of aliphatic imine (C=N–C) groups is 1. The number of rotatable bonds is 3. The summed E-state index contributed by atoms with van der Waals surface area (Å²) in [6.07, 6.45) is 3.64. The predicted molar refractivity (Wildman–Crippen MR) is 142 cm³/mol. The number of phenolic OH excluding ortho intramolecular Hbond substituents is 1. The second kappa shape index (κ2) is 16.4. The molecule has 1 aliphatic rings. The van der Waals surface area contributed by atoms with Crippen LogP contribution in [0.5, 0.6) is 5.75 Å². The van der Waals surface area contributed by atoms with Gasteiger partial charge in [-0.1, -0.05) is 69.9 Å². The molecule has 0 bridgehead atoms. The van der Waals surface area contributed by atoms with Crippen molar-refractivity contribution in [3.63, 3.8) is 0 Å². The van der Waals surface area contributed by atoms with Gasteiger partial charge in [-0.25, -0.2) is 0 Å². The van der Waals surface area contributed by atoms with Gasteiger partial charge in [-0.15, -0.1) is 0 Å². The maximum absolute atomic E-state index is 13.2. The summed E-state index contributed by atoms with van der Waals surface area (Å²) < 4.78 is 79.1. The number of nitrogens with zero attached hydrogens (tertiary/aromatic N) is 1. The van der Waals surface area contributed by atoms with E-state index in [1.165, 1.54) is 38.3 Å². The molecule has 0 amide bonds. The van der Waals surface area contributed by atoms with E-state index in [-0.39, 0.29) is 17.7 Å². The van der Waals surface area contributed by atoms with Gasteiger partial charge in [0.1, 0.15) is 5.75 Å². The van der Waals surface area contributed by atoms with Crippen LogP contribution in [0, 0.1) is 6.92 Å². The zero-order valence-corrected chi connectivity index (χ0v) is 25.7. The molecule has 0 radical (unpaired) electrons. The van der Waals surface area contributed by atoms with E-state index < -0.39 is 50.0 Å². The Bertz CT molecular complexity index is 1030. The topological polar surface area (TPSA) is 32.6 Å². The van der Waals surface area contributed by atoms with Crippen LogP contribution in [0.1, 0.15) is 104 Å². The molecule has 1 aliphatic carbocycles. The van der Waals surface area contributed by atoms with Crippen molar-refractivity contribution in [2.24, 2.45) is 4.99 Å². The first-order chi connectivity index (χ1) is 18.4. The Kier molecular flexibility index (Phi) is 14.4. The maximum atomic E-state index is 13.2. The molecule has 0 aliphatic heterocycles. The third-order valence-electron chi connectivity index (χ3n) is 6.93. The first kappa shape index (κ1) is 34.2. The van der Waals surface area contributed by atoms with Gasteiger partial charge >= 0.3 is 50.2 Å². The van der Waals surface area contributed by atoms with E-state index in [2.05, 4.69) is 4.99 Å². The molecule has 11 heteroatoms. The first-order valence-corrected chi connectivity index (χ1v) is 19.3. The van der Waals surface area contributed by atoms with Crippen LogP contribution in [0.4, 0.5) is 32.0 Å². The molecular formula is C28H33Cl2F6NOZr. The van der Waals surface area contributed by atoms with Gasteiger partial charge in [0.15, 0.2) is 0 Å². The predicted octanol–water partition coefficient (Wildman–Crippen LogP) is 11.3. The fourth-order valence-corrected chi connectivity index (χ4v) is 4.84. The monoisotopic (exact) mass is 673 g/mol. The Labute approximate surface area is 244 Å². The number of aromatic hydroxyl groups is 1. The van der Waals surface area contributed by atoms with E-state index in [1.807, 2.05) is 12.1 Å². The van der Waals surface area contributed by atoms with E-state index >= 15 is 0 Å². The Morgan fingerprint density at radius 3 is 1.67 bits per heavy atom. The molecule has 0 unspecified atom stereocenters. The van der Waals surface area contributed by atoms with Gasteiger partial charge in [-0.05, 0) is 55.0 Å². The molecule has 0 spiro atoms. The van der Waals surface area contributed by atoms with E-state index in [0.29, 0.717) is 23.3 Å². The fraction of sp³-hybridized carbons (Fsp3) is 0.536. The van der Waals surface area contributed by atoms with Crippen LogP contribution >= 0.6 is 17.0 Å². The van der Waals surface area contributed by atoms with Crippen molar-refractivity contribution in [1.29, 1.82) is 0 Å². The Hall–Kier alpha value is -1.05. The third kappa shape index (κ3) is 11.4. The van der Waals surface area contributed by atoms with Gasteiger partial charge in [0.2, 0.25) is 0 Å². The Morgan fingerprint density at radius 1 is 0.795 bits per heavy atom. The molecule has 1 saturated carbocycles. The second-order valence-electron chi connectivity index (χ2n) is 9.78. The zero-order valence-electron chi connectivity index (χ0n) is 21.7. The molecule has 2 aromatic carbocycles. The van der Waals surface area contributed by atoms with Crippen LogP contribution in [0.3, 0.4) is 0 Å². The fourth-order valence-electron chi connectivity index (χ4n) is 4.84. The molecule has 0 heterocycles. The molecule has 1 fully saturated rings. The molecule has 0 aromatic heterocycles. The summed E-state index contributed by atoms with van der Waals surface area (Å²) in [5.74, 6) is 0.140. The second-order valence-corrected chi connectivity index (χ2v) is 13.5. The third-order valence-corrected chi connectivity index (χ3v) is 6.93. The number of aryl methyl sites for hydroxylation is 1. The Morgan fingerprint density at radius 2 is 1.23 bits per heavy atom. The van der Waals surface area contributed by atoms with Gasteiger partial charge in [-0.3, -0.25) is 4.99 Å². The van der Waals surface area contributed by atoms with Gasteiger partial charge in [0.05, 0.1) is 16.8 Å². The van der Waals surface area contributed by atoms with Crippen LogP contribution in [0.2, 0.25) is 0 Å². The standard InChI is InChI=1S/C28H33F6NO.2ClH.Zr/c1-19-13-14-24(20-11-9-7-5-3-2-4-6-8-10-12-20)26(36)25(19)18-35-23-16-21(27(29,30)31)15-22(17-23)28(32,33)34;;;/h13-18,20,36H,2-12H2,1H3;2*1H;/q;;;+2/p-2. The molecular weight excluding hydrogens is 642 g/mol. The molecule has 3 rings (SSSR count). The van der Waals surface area contributed by atoms with Crippen molar-refractivity contribution in [3.05, 3.63) is 58.1 Å². The van der Waals surface area contributed by atoms with Crippen LogP contribution in [0.15, 0.2) is 35.3 Å². The summed E-state index contributed by atoms with van der Waals surface area (Å²) in [6, 6.07) is 4.93. The average Bonchev–Trinajstić information content (AvgIpc) is 2.84. The summed E-state index contributed by atoms with van der Waals surface area (Å²) >= 11 is -0.826. The molecule has 2 aromatic rings. The number of hydrogen-bond donors (Lipinski definition) is 1. The van der Waals surface area contributed by atoms with E-state index in [1.54, 1.807) is 6.92 Å². The Balaban J connectivity index is 0.00000170. The van der Waals surface area contributed by atoms with Gasteiger partial charge < -0.3 is 5.11 Å². The molecule has 0 atom stereocenters. The van der Waals surface area contributed by atoms with Crippen molar-refractivity contribution in [3.8, 4) is 5.75 Å². The molecule has 1 N–H and O–H groups in total. The van der Waals surface area contributed by atoms with Crippen LogP contribution in [-0.2, 0) is 33.2 Å². The minimum absolute atomic E-state index is 0.00105. The number of phenols is 1. The van der Waals surface area contributed by atoms with Crippen LogP contribution in [-0.4, -0.2) is 11.3 Å². The quantitative estimate of drug-likeness (QED) is 0.255. The molecule has 39 heavy (non-hydrogen) atoms. The number of benzene rings is 2. The minimum atomic E-state index is -4.95. The van der Waals surface area contributed by atoms with Crippen molar-refractivity contribution >= 4 is 28.9 Å². The van der Waals surface area contributed by atoms with E-state index in [9.17, 15) is 31.4 Å². The van der Waals surface area contributed by atoms with Gasteiger partial charge in [0.25, 0.3) is 0 Å². The van der Waals surface area contributed by atoms with Gasteiger partial charge in [0, 0.05) is 11.8 Å². The summed E-state index contributed by atoms with van der Waals surface area (Å²) in [7, 11) is 9.87. The molecule has 0 saturated heterocycles. The average molecular weight is 676 g/mol. The first-order valence-electron chi connectivity index (χ1n) is 13.0. The summed E-state index contributed by atoms with van der Waals surface area (Å²) in [5, 5.41) is 11.1. The van der Waals surface area contributed by atoms with Crippen molar-refractivity contribution < 1.29 is 52.3 Å². The van der Waals surface area contributed by atoms with Crippen molar-refractivity contribution in [1.82, 2.24) is 0 Å². The zero-order chi connectivity index (χ0) is 29.1. The van der Waals surface area contributed by atoms with E-state index in [4.69, 9.17) is 17.0 Å². The van der Waals surface area contributed by atoms with Crippen LogP contribution < -0.4 is 0 Å².